The maximum Gasteiger partial charge on any atom is 0.306 e. The van der Waals surface area contributed by atoms with Crippen LogP contribution in [0.25, 0.3) is 0 Å². The molecule has 0 aliphatic carbocycles. The Labute approximate surface area is 418 Å². The Bertz CT molecular complexity index is 1010. The third kappa shape index (κ3) is 53.6. The van der Waals surface area contributed by atoms with Gasteiger partial charge in [0.25, 0.3) is 0 Å². The van der Waals surface area contributed by atoms with E-state index in [-0.39, 0.29) is 31.1 Å². The number of carbonyl (C=O) groups is 3. The third-order valence-corrected chi connectivity index (χ3v) is 14.4. The van der Waals surface area contributed by atoms with Gasteiger partial charge in [0.2, 0.25) is 0 Å². The van der Waals surface area contributed by atoms with Gasteiger partial charge in [-0.15, -0.1) is 0 Å². The molecule has 6 nitrogen and oxygen atoms in total. The lowest BCUT2D eigenvalue weighted by atomic mass is 9.99. The minimum atomic E-state index is -0.761. The third-order valence-electron chi connectivity index (χ3n) is 14.4. The molecule has 0 radical (unpaired) electrons. The van der Waals surface area contributed by atoms with E-state index >= 15 is 0 Å². The zero-order valence-corrected chi connectivity index (χ0v) is 45.9. The maximum atomic E-state index is 12.8. The summed E-state index contributed by atoms with van der Waals surface area (Å²) < 4.78 is 16.9. The zero-order valence-electron chi connectivity index (χ0n) is 45.9. The molecular weight excluding hydrogens is 829 g/mol. The molecule has 0 spiro atoms. The molecule has 0 aliphatic rings. The van der Waals surface area contributed by atoms with Crippen LogP contribution in [0.2, 0.25) is 0 Å². The van der Waals surface area contributed by atoms with Gasteiger partial charge in [0, 0.05) is 19.3 Å². The Hall–Kier alpha value is -1.59. The summed E-state index contributed by atoms with van der Waals surface area (Å²) in [5.41, 5.74) is 0. The Morgan fingerprint density at radius 1 is 0.299 bits per heavy atom. The molecule has 0 N–H and O–H groups in total. The number of hydrogen-bond donors (Lipinski definition) is 0. The number of esters is 3. The van der Waals surface area contributed by atoms with Gasteiger partial charge < -0.3 is 14.2 Å². The van der Waals surface area contributed by atoms with Crippen molar-refractivity contribution in [2.75, 3.05) is 13.2 Å². The quantitative estimate of drug-likeness (QED) is 0.0343. The van der Waals surface area contributed by atoms with Crippen LogP contribution >= 0.6 is 0 Å². The normalized spacial score (nSPS) is 12.4. The zero-order chi connectivity index (χ0) is 48.8. The predicted octanol–water partition coefficient (Wildman–Crippen LogP) is 20.2. The molecule has 398 valence electrons. The van der Waals surface area contributed by atoms with Crippen LogP contribution in [0.5, 0.6) is 0 Å². The SMILES string of the molecule is CCCCCCCCCCCCCCCCCCC(=O)OC[C@H](COC(=O)CCCCCCCCCCCCCCCCCCCCC(C)CC)OC(=O)CCCCCCCCCCCCC. The van der Waals surface area contributed by atoms with Gasteiger partial charge >= 0.3 is 17.9 Å². The number of rotatable bonds is 56. The summed E-state index contributed by atoms with van der Waals surface area (Å²) in [6, 6.07) is 0. The van der Waals surface area contributed by atoms with Crippen molar-refractivity contribution < 1.29 is 28.6 Å². The highest BCUT2D eigenvalue weighted by Gasteiger charge is 2.19. The molecule has 6 heteroatoms. The molecule has 0 fully saturated rings. The van der Waals surface area contributed by atoms with Crippen LogP contribution in [0, 0.1) is 5.92 Å². The lowest BCUT2D eigenvalue weighted by Gasteiger charge is -2.18. The van der Waals surface area contributed by atoms with Crippen molar-refractivity contribution in [1.82, 2.24) is 0 Å². The first-order valence-corrected chi connectivity index (χ1v) is 30.4. The topological polar surface area (TPSA) is 78.9 Å². The average Bonchev–Trinajstić information content (AvgIpc) is 3.33. The van der Waals surface area contributed by atoms with Crippen LogP contribution in [0.15, 0.2) is 0 Å². The van der Waals surface area contributed by atoms with Gasteiger partial charge in [-0.3, -0.25) is 14.4 Å². The van der Waals surface area contributed by atoms with Crippen LogP contribution in [-0.2, 0) is 28.6 Å². The van der Waals surface area contributed by atoms with E-state index in [4.69, 9.17) is 14.2 Å². The maximum absolute atomic E-state index is 12.8. The van der Waals surface area contributed by atoms with E-state index in [0.717, 1.165) is 63.7 Å². The molecule has 0 aromatic carbocycles. The fourth-order valence-electron chi connectivity index (χ4n) is 9.42. The van der Waals surface area contributed by atoms with Crippen molar-refractivity contribution in [3.63, 3.8) is 0 Å². The second-order valence-electron chi connectivity index (χ2n) is 21.2. The molecule has 67 heavy (non-hydrogen) atoms. The predicted molar refractivity (Wildman–Crippen MR) is 289 cm³/mol. The molecule has 0 saturated carbocycles. The van der Waals surface area contributed by atoms with Gasteiger partial charge in [-0.05, 0) is 25.2 Å². The monoisotopic (exact) mass is 947 g/mol. The first kappa shape index (κ1) is 65.4. The van der Waals surface area contributed by atoms with Gasteiger partial charge in [-0.2, -0.15) is 0 Å². The number of ether oxygens (including phenoxy) is 3. The van der Waals surface area contributed by atoms with Crippen LogP contribution in [0.1, 0.15) is 349 Å². The minimum Gasteiger partial charge on any atom is -0.462 e. The largest absolute Gasteiger partial charge is 0.462 e. The lowest BCUT2D eigenvalue weighted by Crippen LogP contribution is -2.30. The van der Waals surface area contributed by atoms with E-state index in [1.807, 2.05) is 0 Å². The summed E-state index contributed by atoms with van der Waals surface area (Å²) in [4.78, 5) is 38.1. The van der Waals surface area contributed by atoms with Gasteiger partial charge in [0.05, 0.1) is 0 Å². The highest BCUT2D eigenvalue weighted by Crippen LogP contribution is 2.19. The summed E-state index contributed by atoms with van der Waals surface area (Å²) in [7, 11) is 0. The number of unbranched alkanes of at least 4 members (excludes halogenated alkanes) is 42. The number of hydrogen-bond acceptors (Lipinski definition) is 6. The van der Waals surface area contributed by atoms with E-state index in [0.29, 0.717) is 19.3 Å². The second-order valence-corrected chi connectivity index (χ2v) is 21.2. The Balaban J connectivity index is 4.19. The van der Waals surface area contributed by atoms with Gasteiger partial charge in [0.15, 0.2) is 6.10 Å². The molecule has 0 rings (SSSR count). The van der Waals surface area contributed by atoms with Gasteiger partial charge in [-0.25, -0.2) is 0 Å². The molecular formula is C61H118O6. The summed E-state index contributed by atoms with van der Waals surface area (Å²) >= 11 is 0. The minimum absolute atomic E-state index is 0.0616. The molecule has 1 unspecified atom stereocenters. The summed E-state index contributed by atoms with van der Waals surface area (Å²) in [5, 5.41) is 0. The van der Waals surface area contributed by atoms with E-state index < -0.39 is 6.10 Å². The fourth-order valence-corrected chi connectivity index (χ4v) is 9.42. The summed E-state index contributed by atoms with van der Waals surface area (Å²) in [5.74, 6) is 0.0768. The van der Waals surface area contributed by atoms with E-state index in [1.165, 1.54) is 244 Å². The van der Waals surface area contributed by atoms with Crippen LogP contribution in [0.3, 0.4) is 0 Å². The highest BCUT2D eigenvalue weighted by molar-refractivity contribution is 5.71. The molecule has 0 bridgehead atoms. The molecule has 0 heterocycles. The average molecular weight is 948 g/mol. The standard InChI is InChI=1S/C61H118O6/c1-5-8-10-12-14-16-18-19-20-26-29-33-36-40-44-48-52-59(62)65-55-58(67-61(64)54-50-46-42-38-31-17-15-13-11-9-6-2)56-66-60(63)53-49-45-41-37-34-30-27-24-22-21-23-25-28-32-35-39-43-47-51-57(4)7-3/h57-58H,5-56H2,1-4H3/t57?,58-/m1/s1. The molecule has 0 saturated heterocycles. The van der Waals surface area contributed by atoms with Crippen LogP contribution in [-0.4, -0.2) is 37.2 Å². The van der Waals surface area contributed by atoms with Crippen molar-refractivity contribution in [2.45, 2.75) is 355 Å². The van der Waals surface area contributed by atoms with Crippen molar-refractivity contribution in [2.24, 2.45) is 5.92 Å². The lowest BCUT2D eigenvalue weighted by molar-refractivity contribution is -0.167. The van der Waals surface area contributed by atoms with Gasteiger partial charge in [0.1, 0.15) is 13.2 Å². The Morgan fingerprint density at radius 3 is 0.776 bits per heavy atom. The molecule has 0 amide bonds. The molecule has 0 aromatic heterocycles. The second kappa shape index (κ2) is 55.3. The van der Waals surface area contributed by atoms with E-state index in [2.05, 4.69) is 27.7 Å². The first-order valence-electron chi connectivity index (χ1n) is 30.4. The summed E-state index contributed by atoms with van der Waals surface area (Å²) in [6.07, 6.45) is 60.9. The van der Waals surface area contributed by atoms with E-state index in [9.17, 15) is 14.4 Å². The highest BCUT2D eigenvalue weighted by atomic mass is 16.6. The fraction of sp³-hybridized carbons (Fsp3) is 0.951. The van der Waals surface area contributed by atoms with E-state index in [1.54, 1.807) is 0 Å². The molecule has 0 aliphatic heterocycles. The molecule has 0 aromatic rings. The Morgan fingerprint density at radius 2 is 0.522 bits per heavy atom. The van der Waals surface area contributed by atoms with Gasteiger partial charge in [-0.1, -0.05) is 310 Å². The summed E-state index contributed by atoms with van der Waals surface area (Å²) in [6.45, 7) is 9.11. The van der Waals surface area contributed by atoms with Crippen LogP contribution in [0.4, 0.5) is 0 Å². The number of carbonyl (C=O) groups excluding carboxylic acids is 3. The van der Waals surface area contributed by atoms with Crippen molar-refractivity contribution >= 4 is 17.9 Å². The van der Waals surface area contributed by atoms with Crippen molar-refractivity contribution in [3.05, 3.63) is 0 Å². The van der Waals surface area contributed by atoms with Crippen molar-refractivity contribution in [1.29, 1.82) is 0 Å². The Kier molecular flexibility index (Phi) is 54.0. The van der Waals surface area contributed by atoms with Crippen LogP contribution < -0.4 is 0 Å². The first-order chi connectivity index (χ1) is 32.9. The van der Waals surface area contributed by atoms with Crippen molar-refractivity contribution in [3.8, 4) is 0 Å². The molecule has 2 atom stereocenters. The smallest absolute Gasteiger partial charge is 0.306 e.